The second kappa shape index (κ2) is 7.34. The van der Waals surface area contributed by atoms with E-state index >= 15 is 0 Å². The van der Waals surface area contributed by atoms with Crippen molar-refractivity contribution in [3.8, 4) is 16.9 Å². The van der Waals surface area contributed by atoms with Crippen molar-refractivity contribution in [2.75, 3.05) is 44.9 Å². The van der Waals surface area contributed by atoms with Gasteiger partial charge in [-0.1, -0.05) is 0 Å². The zero-order valence-corrected chi connectivity index (χ0v) is 15.3. The molecule has 0 aliphatic carbocycles. The molecular formula is C19H21FN6O2. The van der Waals surface area contributed by atoms with E-state index in [2.05, 4.69) is 25.6 Å². The van der Waals surface area contributed by atoms with Crippen LogP contribution in [0.25, 0.3) is 16.8 Å². The highest BCUT2D eigenvalue weighted by Crippen LogP contribution is 2.30. The molecule has 1 atom stereocenters. The Kier molecular flexibility index (Phi) is 4.55. The number of anilines is 1. The summed E-state index contributed by atoms with van der Waals surface area (Å²) in [4.78, 5) is 6.97. The van der Waals surface area contributed by atoms with Gasteiger partial charge in [0, 0.05) is 37.0 Å². The van der Waals surface area contributed by atoms with E-state index in [1.54, 1.807) is 22.8 Å². The Bertz CT molecular complexity index is 994. The minimum Gasteiger partial charge on any atom is -0.478 e. The van der Waals surface area contributed by atoms with E-state index < -0.39 is 0 Å². The Morgan fingerprint density at radius 2 is 2.14 bits per heavy atom. The Balaban J connectivity index is 1.55. The SMILES string of the molecule is Fc1ccc2cc1-c1cnn3ccc(nc13)NCCN1CCOC[C@H]1NCO2. The third kappa shape index (κ3) is 3.28. The monoisotopic (exact) mass is 384 g/mol. The standard InChI is InChI=1S/C19H21FN6O2/c20-16-2-1-13-9-14(16)15-10-23-26-5-3-17(24-19(15)26)21-4-6-25-7-8-27-11-18(25)22-12-28-13/h1-3,5,9-10,18,22H,4,6-8,11-12H2,(H,21,24)/t18-/m0/s1. The van der Waals surface area contributed by atoms with Gasteiger partial charge in [-0.25, -0.2) is 13.9 Å². The first-order valence-corrected chi connectivity index (χ1v) is 9.34. The van der Waals surface area contributed by atoms with Gasteiger partial charge in [0.1, 0.15) is 24.1 Å². The molecule has 1 fully saturated rings. The Morgan fingerprint density at radius 3 is 3.11 bits per heavy atom. The van der Waals surface area contributed by atoms with E-state index in [1.807, 2.05) is 12.3 Å². The fourth-order valence-electron chi connectivity index (χ4n) is 3.60. The number of aromatic nitrogens is 3. The molecule has 3 aromatic rings. The summed E-state index contributed by atoms with van der Waals surface area (Å²) in [5.41, 5.74) is 1.63. The van der Waals surface area contributed by atoms with Gasteiger partial charge in [-0.3, -0.25) is 10.2 Å². The number of fused-ring (bicyclic) bond motifs is 5. The van der Waals surface area contributed by atoms with Crippen LogP contribution in [0.15, 0.2) is 36.7 Å². The highest BCUT2D eigenvalue weighted by molar-refractivity contribution is 5.78. The molecule has 8 nitrogen and oxygen atoms in total. The van der Waals surface area contributed by atoms with Crippen LogP contribution >= 0.6 is 0 Å². The summed E-state index contributed by atoms with van der Waals surface area (Å²) in [5, 5.41) is 11.0. The summed E-state index contributed by atoms with van der Waals surface area (Å²) in [7, 11) is 0. The van der Waals surface area contributed by atoms with Gasteiger partial charge < -0.3 is 14.8 Å². The predicted molar refractivity (Wildman–Crippen MR) is 102 cm³/mol. The summed E-state index contributed by atoms with van der Waals surface area (Å²) in [6.07, 6.45) is 3.52. The van der Waals surface area contributed by atoms with E-state index in [4.69, 9.17) is 9.47 Å². The molecule has 5 rings (SSSR count). The summed E-state index contributed by atoms with van der Waals surface area (Å²) >= 11 is 0. The normalized spacial score (nSPS) is 20.7. The van der Waals surface area contributed by atoms with Crippen molar-refractivity contribution in [3.63, 3.8) is 0 Å². The van der Waals surface area contributed by atoms with Crippen molar-refractivity contribution < 1.29 is 13.9 Å². The molecule has 0 amide bonds. The molecule has 2 aromatic heterocycles. The topological polar surface area (TPSA) is 76.0 Å². The maximum absolute atomic E-state index is 14.6. The summed E-state index contributed by atoms with van der Waals surface area (Å²) in [5.74, 6) is 0.969. The Morgan fingerprint density at radius 1 is 1.18 bits per heavy atom. The number of benzene rings is 1. The van der Waals surface area contributed by atoms with Gasteiger partial charge in [-0.15, -0.1) is 0 Å². The fraction of sp³-hybridized carbons (Fsp3) is 0.368. The highest BCUT2D eigenvalue weighted by Gasteiger charge is 2.22. The van der Waals surface area contributed by atoms with E-state index in [0.717, 1.165) is 25.5 Å². The van der Waals surface area contributed by atoms with E-state index in [-0.39, 0.29) is 12.0 Å². The van der Waals surface area contributed by atoms with E-state index in [0.29, 0.717) is 42.5 Å². The number of rotatable bonds is 0. The number of nitrogens with zero attached hydrogens (tertiary/aromatic N) is 4. The van der Waals surface area contributed by atoms with Crippen LogP contribution < -0.4 is 15.4 Å². The van der Waals surface area contributed by atoms with Crippen molar-refractivity contribution in [1.29, 1.82) is 0 Å². The average Bonchev–Trinajstić information content (AvgIpc) is 3.13. The lowest BCUT2D eigenvalue weighted by molar-refractivity contribution is -0.0251. The third-order valence-corrected chi connectivity index (χ3v) is 5.10. The van der Waals surface area contributed by atoms with Crippen LogP contribution in [-0.4, -0.2) is 65.2 Å². The van der Waals surface area contributed by atoms with Crippen LogP contribution in [-0.2, 0) is 4.74 Å². The number of hydrogen-bond donors (Lipinski definition) is 2. The minimum atomic E-state index is -0.341. The third-order valence-electron chi connectivity index (χ3n) is 5.10. The largest absolute Gasteiger partial charge is 0.478 e. The molecule has 0 radical (unpaired) electrons. The minimum absolute atomic E-state index is 0.0650. The van der Waals surface area contributed by atoms with Gasteiger partial charge in [0.2, 0.25) is 0 Å². The van der Waals surface area contributed by atoms with Gasteiger partial charge in [-0.2, -0.15) is 5.10 Å². The molecule has 9 heteroatoms. The number of hydrogen-bond acceptors (Lipinski definition) is 7. The Hall–Kier alpha value is -2.75. The van der Waals surface area contributed by atoms with Crippen molar-refractivity contribution >= 4 is 11.5 Å². The fourth-order valence-corrected chi connectivity index (χ4v) is 3.60. The molecule has 0 unspecified atom stereocenters. The van der Waals surface area contributed by atoms with Gasteiger partial charge >= 0.3 is 0 Å². The molecule has 146 valence electrons. The zero-order chi connectivity index (χ0) is 18.9. The summed E-state index contributed by atoms with van der Waals surface area (Å²) < 4.78 is 27.6. The molecule has 1 saturated heterocycles. The molecule has 28 heavy (non-hydrogen) atoms. The first-order valence-electron chi connectivity index (χ1n) is 9.34. The van der Waals surface area contributed by atoms with Gasteiger partial charge in [0.15, 0.2) is 5.65 Å². The van der Waals surface area contributed by atoms with Crippen molar-refractivity contribution in [3.05, 3.63) is 42.5 Å². The molecular weight excluding hydrogens is 363 g/mol. The first kappa shape index (κ1) is 17.4. The summed E-state index contributed by atoms with van der Waals surface area (Å²) in [6, 6.07) is 6.58. The second-order valence-corrected chi connectivity index (χ2v) is 6.83. The van der Waals surface area contributed by atoms with Crippen LogP contribution in [0.4, 0.5) is 10.2 Å². The highest BCUT2D eigenvalue weighted by atomic mass is 19.1. The van der Waals surface area contributed by atoms with Crippen LogP contribution in [0.3, 0.4) is 0 Å². The van der Waals surface area contributed by atoms with Crippen LogP contribution in [0.2, 0.25) is 0 Å². The number of nitrogens with one attached hydrogen (secondary N) is 2. The number of ether oxygens (including phenoxy) is 2. The van der Waals surface area contributed by atoms with Crippen LogP contribution in [0.1, 0.15) is 0 Å². The molecule has 4 heterocycles. The second-order valence-electron chi connectivity index (χ2n) is 6.83. The molecule has 0 saturated carbocycles. The van der Waals surface area contributed by atoms with E-state index in [9.17, 15) is 4.39 Å². The lowest BCUT2D eigenvalue weighted by Gasteiger charge is -2.36. The molecule has 4 bridgehead atoms. The smallest absolute Gasteiger partial charge is 0.165 e. The van der Waals surface area contributed by atoms with Crippen molar-refractivity contribution in [2.24, 2.45) is 0 Å². The quantitative estimate of drug-likeness (QED) is 0.609. The molecule has 2 N–H and O–H groups in total. The molecule has 1 aromatic carbocycles. The lowest BCUT2D eigenvalue weighted by atomic mass is 10.1. The van der Waals surface area contributed by atoms with Crippen molar-refractivity contribution in [2.45, 2.75) is 6.17 Å². The van der Waals surface area contributed by atoms with Crippen molar-refractivity contribution in [1.82, 2.24) is 24.8 Å². The maximum Gasteiger partial charge on any atom is 0.165 e. The van der Waals surface area contributed by atoms with E-state index in [1.165, 1.54) is 6.07 Å². The first-order chi connectivity index (χ1) is 13.8. The summed E-state index contributed by atoms with van der Waals surface area (Å²) in [6.45, 7) is 4.03. The average molecular weight is 384 g/mol. The Labute approximate surface area is 161 Å². The van der Waals surface area contributed by atoms with Crippen LogP contribution in [0.5, 0.6) is 5.75 Å². The number of halogens is 1. The van der Waals surface area contributed by atoms with Crippen LogP contribution in [0, 0.1) is 5.82 Å². The maximum atomic E-state index is 14.6. The molecule has 0 spiro atoms. The molecule has 2 aliphatic heterocycles. The van der Waals surface area contributed by atoms with Gasteiger partial charge in [0.25, 0.3) is 0 Å². The lowest BCUT2D eigenvalue weighted by Crippen LogP contribution is -2.55. The zero-order valence-electron chi connectivity index (χ0n) is 15.3. The number of morpholine rings is 1. The van der Waals surface area contributed by atoms with Gasteiger partial charge in [0.05, 0.1) is 25.6 Å². The predicted octanol–water partition coefficient (Wildman–Crippen LogP) is 1.55. The molecule has 2 aliphatic rings. The van der Waals surface area contributed by atoms with Gasteiger partial charge in [-0.05, 0) is 24.3 Å².